The fraction of sp³-hybridized carbons (Fsp3) is 0.697. The first-order valence-electron chi connectivity index (χ1n) is 18.6. The smallest absolute Gasteiger partial charge is 0.320 e. The van der Waals surface area contributed by atoms with Gasteiger partial charge in [0, 0.05) is 19.4 Å². The zero-order chi connectivity index (χ0) is 51.4. The van der Waals surface area contributed by atoms with E-state index >= 15 is 0 Å². The Morgan fingerprint density at radius 1 is 0.562 bits per heavy atom. The van der Waals surface area contributed by atoms with Crippen molar-refractivity contribution >= 4 is 71.4 Å². The molecule has 6 atom stereocenters. The molecule has 0 unspecified atom stereocenters. The number of thioether (sulfide) groups is 1. The lowest BCUT2D eigenvalue weighted by Gasteiger charge is -2.02. The Hall–Kier alpha value is -5.35. The van der Waals surface area contributed by atoms with Gasteiger partial charge in [-0.2, -0.15) is 11.8 Å². The Balaban J connectivity index is -0.000000150. The minimum Gasteiger partial charge on any atom is -0.480 e. The molecule has 3 fully saturated rings. The van der Waals surface area contributed by atoms with Crippen LogP contribution in [0.25, 0.3) is 0 Å². The van der Waals surface area contributed by atoms with E-state index in [0.717, 1.165) is 44.5 Å². The number of carbonyl (C=O) groups is 10. The Morgan fingerprint density at radius 3 is 1.03 bits per heavy atom. The van der Waals surface area contributed by atoms with E-state index in [-0.39, 0.29) is 51.1 Å². The van der Waals surface area contributed by atoms with Crippen molar-refractivity contribution in [1.29, 1.82) is 0 Å². The molecule has 30 nitrogen and oxygen atoms in total. The summed E-state index contributed by atoms with van der Waals surface area (Å²) in [4.78, 5) is 97.6. The summed E-state index contributed by atoms with van der Waals surface area (Å²) in [6.07, 6.45) is 6.02. The van der Waals surface area contributed by atoms with Crippen LogP contribution in [0, 0.1) is 0 Å². The molecular weight excluding hydrogens is 888 g/mol. The van der Waals surface area contributed by atoms with Crippen molar-refractivity contribution in [3.8, 4) is 0 Å². The Bertz CT molecular complexity index is 1260. The van der Waals surface area contributed by atoms with Gasteiger partial charge in [-0.25, -0.2) is 0 Å². The van der Waals surface area contributed by atoms with E-state index in [2.05, 4.69) is 38.9 Å². The highest BCUT2D eigenvalue weighted by molar-refractivity contribution is 7.98. The number of primary amides is 1. The summed E-state index contributed by atoms with van der Waals surface area (Å²) in [6.45, 7) is 1.00. The van der Waals surface area contributed by atoms with Crippen LogP contribution in [0.2, 0.25) is 0 Å². The zero-order valence-electron chi connectivity index (χ0n) is 35.3. The highest BCUT2D eigenvalue weighted by Gasteiger charge is 2.27. The standard InChI is InChI=1S/C5H10N2O3.C5H9NO3.C5H11NO2S.2C5H9NO2.4C2H5NO2/c6-3(5(9)10)1-2-4(7)8;7-3-1-4(5(8)9)6-2-3;1-9-3-2-4(6)5(7)8;2*7-5(8)4-2-1-3-6-4;4*3-1-2(4)5/h3H,1-2,6H2,(H2,7,8)(H,9,10);3-4,6-7H,1-2H2,(H,8,9);4H,2-3,6H2,1H3,(H,7,8);2*4,6H,1-3H2,(H,7,8);4*1,3H2,(H,4,5)/t3-;3-,4+;3*4-;;;;/m01000..../s1. The number of carbonyl (C=O) groups excluding carboxylic acids is 1. The van der Waals surface area contributed by atoms with Crippen LogP contribution < -0.4 is 56.1 Å². The number of aliphatic hydroxyl groups is 1. The molecule has 64 heavy (non-hydrogen) atoms. The fourth-order valence-electron chi connectivity index (χ4n) is 3.49. The van der Waals surface area contributed by atoms with E-state index in [1.807, 2.05) is 6.26 Å². The van der Waals surface area contributed by atoms with Crippen LogP contribution in [0.5, 0.6) is 0 Å². The van der Waals surface area contributed by atoms with Crippen molar-refractivity contribution < 1.29 is 99.0 Å². The quantitative estimate of drug-likeness (QED) is 0.0725. The summed E-state index contributed by atoms with van der Waals surface area (Å²) in [5, 5.41) is 89.1. The second-order valence-corrected chi connectivity index (χ2v) is 13.2. The maximum Gasteiger partial charge on any atom is 0.320 e. The molecular formula is C33H68N10O20S. The third-order valence-electron chi connectivity index (χ3n) is 6.79. The van der Waals surface area contributed by atoms with Gasteiger partial charge in [-0.15, -0.1) is 0 Å². The molecule has 3 aliphatic heterocycles. The van der Waals surface area contributed by atoms with Gasteiger partial charge in [0.05, 0.1) is 32.3 Å². The molecule has 0 aromatic carbocycles. The first-order valence-corrected chi connectivity index (χ1v) is 20.0. The Kier molecular flexibility index (Phi) is 51.8. The van der Waals surface area contributed by atoms with Crippen LogP contribution in [-0.4, -0.2) is 205 Å². The zero-order valence-corrected chi connectivity index (χ0v) is 36.1. The molecule has 0 spiro atoms. The number of amides is 1. The van der Waals surface area contributed by atoms with Crippen LogP contribution >= 0.6 is 11.8 Å². The largest absolute Gasteiger partial charge is 0.480 e. The Labute approximate surface area is 371 Å². The predicted molar refractivity (Wildman–Crippen MR) is 227 cm³/mol. The van der Waals surface area contributed by atoms with Gasteiger partial charge in [0.25, 0.3) is 0 Å². The van der Waals surface area contributed by atoms with E-state index in [1.165, 1.54) is 0 Å². The van der Waals surface area contributed by atoms with Gasteiger partial charge in [-0.1, -0.05) is 0 Å². The average molecular weight is 957 g/mol. The van der Waals surface area contributed by atoms with Gasteiger partial charge in [0.15, 0.2) is 0 Å². The van der Waals surface area contributed by atoms with Gasteiger partial charge >= 0.3 is 53.7 Å². The van der Waals surface area contributed by atoms with Gasteiger partial charge < -0.3 is 107 Å². The Morgan fingerprint density at radius 2 is 0.875 bits per heavy atom. The number of β-amino-alcohol motifs (C(OH)–C–C–N with tert-alkyl or cyclic N) is 1. The predicted octanol–water partition coefficient (Wildman–Crippen LogP) is -6.63. The van der Waals surface area contributed by atoms with E-state index in [0.29, 0.717) is 19.4 Å². The number of aliphatic carboxylic acids is 9. The molecule has 3 heterocycles. The van der Waals surface area contributed by atoms with E-state index in [1.54, 1.807) is 11.8 Å². The number of nitrogens with two attached hydrogens (primary N) is 7. The first-order chi connectivity index (χ1) is 29.6. The van der Waals surface area contributed by atoms with E-state index in [4.69, 9.17) is 68.3 Å². The lowest BCUT2D eigenvalue weighted by atomic mass is 10.2. The fourth-order valence-corrected chi connectivity index (χ4v) is 3.97. The highest BCUT2D eigenvalue weighted by Crippen LogP contribution is 2.06. The maximum absolute atomic E-state index is 10.2. The molecule has 3 rings (SSSR count). The first kappa shape index (κ1) is 70.3. The minimum atomic E-state index is -1.11. The molecule has 31 heteroatoms. The van der Waals surface area contributed by atoms with Crippen molar-refractivity contribution in [2.75, 3.05) is 57.8 Å². The topological polar surface area (TPSA) is 591 Å². The maximum atomic E-state index is 10.2. The highest BCUT2D eigenvalue weighted by atomic mass is 32.2. The van der Waals surface area contributed by atoms with Crippen molar-refractivity contribution in [3.63, 3.8) is 0 Å². The average Bonchev–Trinajstić information content (AvgIpc) is 4.05. The molecule has 1 amide bonds. The van der Waals surface area contributed by atoms with E-state index in [9.17, 15) is 47.9 Å². The summed E-state index contributed by atoms with van der Waals surface area (Å²) >= 11 is 1.60. The van der Waals surface area contributed by atoms with Crippen LogP contribution in [0.1, 0.15) is 51.4 Å². The SMILES string of the molecule is CSCC[C@H](N)C(=O)O.NC(=O)CC[C@H](N)C(=O)O.NCC(=O)O.NCC(=O)O.NCC(=O)O.NCC(=O)O.O=C(O)[C@@H]1CCCN1.O=C(O)[C@@H]1CCCN1.O=C(O)[C@@H]1C[C@@H](O)CN1. The molecule has 27 N–H and O–H groups in total. The third-order valence-corrected chi connectivity index (χ3v) is 7.43. The number of carboxylic acid groups (broad SMARTS) is 9. The molecule has 3 saturated heterocycles. The molecule has 0 aromatic heterocycles. The van der Waals surface area contributed by atoms with Gasteiger partial charge in [0.2, 0.25) is 5.91 Å². The number of rotatable bonds is 15. The number of hydrogen-bond donors (Lipinski definition) is 20. The molecule has 3 aliphatic rings. The summed E-state index contributed by atoms with van der Waals surface area (Å²) in [6, 6.07) is -2.74. The summed E-state index contributed by atoms with van der Waals surface area (Å²) in [5.41, 5.74) is 33.3. The van der Waals surface area contributed by atoms with Gasteiger partial charge in [-0.3, -0.25) is 47.9 Å². The molecule has 0 bridgehead atoms. The van der Waals surface area contributed by atoms with Crippen molar-refractivity contribution in [2.45, 2.75) is 87.7 Å². The lowest BCUT2D eigenvalue weighted by molar-refractivity contribution is -0.140. The molecule has 376 valence electrons. The van der Waals surface area contributed by atoms with Gasteiger partial charge in [0.1, 0.15) is 30.2 Å². The normalized spacial score (nSPS) is 18.1. The number of aliphatic hydroxyl groups excluding tert-OH is 1. The van der Waals surface area contributed by atoms with Crippen molar-refractivity contribution in [2.24, 2.45) is 40.1 Å². The number of hydrogen-bond acceptors (Lipinski definition) is 21. The summed E-state index contributed by atoms with van der Waals surface area (Å²) < 4.78 is 0. The third kappa shape index (κ3) is 58.7. The molecule has 0 aromatic rings. The van der Waals surface area contributed by atoms with Crippen LogP contribution in [0.4, 0.5) is 0 Å². The second-order valence-electron chi connectivity index (χ2n) is 12.2. The van der Waals surface area contributed by atoms with E-state index < -0.39 is 83.9 Å². The number of carboxylic acids is 9. The summed E-state index contributed by atoms with van der Waals surface area (Å²) in [5.74, 6) is -7.93. The van der Waals surface area contributed by atoms with Gasteiger partial charge in [-0.05, 0) is 63.6 Å². The monoisotopic (exact) mass is 956 g/mol. The van der Waals surface area contributed by atoms with Crippen molar-refractivity contribution in [3.05, 3.63) is 0 Å². The molecule has 0 saturated carbocycles. The summed E-state index contributed by atoms with van der Waals surface area (Å²) in [7, 11) is 0. The number of nitrogens with one attached hydrogen (secondary N) is 3. The van der Waals surface area contributed by atoms with Crippen LogP contribution in [0.3, 0.4) is 0 Å². The lowest BCUT2D eigenvalue weighted by Crippen LogP contribution is -2.31. The van der Waals surface area contributed by atoms with Crippen molar-refractivity contribution in [1.82, 2.24) is 16.0 Å². The second kappa shape index (κ2) is 47.1. The minimum absolute atomic E-state index is 0.0213. The molecule has 0 aliphatic carbocycles. The molecule has 0 radical (unpaired) electrons. The van der Waals surface area contributed by atoms with Crippen LogP contribution in [0.15, 0.2) is 0 Å². The van der Waals surface area contributed by atoms with Crippen LogP contribution in [-0.2, 0) is 47.9 Å².